The fraction of sp³-hybridized carbons (Fsp3) is 0.278. The molecule has 124 valence electrons. The number of hydrogen-bond acceptors (Lipinski definition) is 4. The molecule has 1 aliphatic rings. The summed E-state index contributed by atoms with van der Waals surface area (Å²) < 4.78 is 0. The van der Waals surface area contributed by atoms with Gasteiger partial charge in [0.15, 0.2) is 0 Å². The van der Waals surface area contributed by atoms with Crippen LogP contribution in [0.5, 0.6) is 0 Å². The minimum absolute atomic E-state index is 0.00955. The minimum atomic E-state index is -0.561. The molecule has 0 saturated carbocycles. The number of aryl methyl sites for hydroxylation is 1. The quantitative estimate of drug-likeness (QED) is 0.531. The van der Waals surface area contributed by atoms with Crippen LogP contribution in [0.4, 0.5) is 11.4 Å². The summed E-state index contributed by atoms with van der Waals surface area (Å²) in [5.74, 6) is -0.191. The van der Waals surface area contributed by atoms with Crippen molar-refractivity contribution >= 4 is 17.3 Å². The van der Waals surface area contributed by atoms with Crippen molar-refractivity contribution in [3.63, 3.8) is 0 Å². The van der Waals surface area contributed by atoms with E-state index < -0.39 is 4.92 Å². The Morgan fingerprint density at radius 1 is 1.29 bits per heavy atom. The standard InChI is InChI=1S/C18H19N3O3/c1-12-5-2-3-6-14(12)16-7-4-10-20(16)18(22)13-8-9-15(19)17(11-13)21(23)24/h2-3,5-6,8-9,11,16H,4,7,10,19H2,1H3/t16-/m1/s1. The van der Waals surface area contributed by atoms with Crippen molar-refractivity contribution in [2.45, 2.75) is 25.8 Å². The highest BCUT2D eigenvalue weighted by molar-refractivity contribution is 5.96. The van der Waals surface area contributed by atoms with Crippen LogP contribution in [-0.2, 0) is 0 Å². The van der Waals surface area contributed by atoms with E-state index in [2.05, 4.69) is 0 Å². The number of nitrogen functional groups attached to an aromatic ring is 1. The first-order valence-electron chi connectivity index (χ1n) is 7.89. The molecule has 0 bridgehead atoms. The maximum atomic E-state index is 12.9. The molecular formula is C18H19N3O3. The molecule has 1 fully saturated rings. The van der Waals surface area contributed by atoms with Crippen LogP contribution in [-0.4, -0.2) is 22.3 Å². The number of benzene rings is 2. The zero-order valence-electron chi connectivity index (χ0n) is 13.4. The number of nitrogens with two attached hydrogens (primary N) is 1. The highest BCUT2D eigenvalue weighted by atomic mass is 16.6. The Morgan fingerprint density at radius 2 is 2.04 bits per heavy atom. The molecule has 1 heterocycles. The van der Waals surface area contributed by atoms with Gasteiger partial charge in [0, 0.05) is 18.2 Å². The first-order valence-corrected chi connectivity index (χ1v) is 7.89. The molecule has 0 aromatic heterocycles. The number of hydrogen-bond donors (Lipinski definition) is 1. The van der Waals surface area contributed by atoms with Crippen LogP contribution in [0.25, 0.3) is 0 Å². The van der Waals surface area contributed by atoms with Gasteiger partial charge in [0.2, 0.25) is 0 Å². The van der Waals surface area contributed by atoms with Gasteiger partial charge < -0.3 is 10.6 Å². The number of anilines is 1. The molecule has 1 atom stereocenters. The van der Waals surface area contributed by atoms with Gasteiger partial charge in [-0.15, -0.1) is 0 Å². The van der Waals surface area contributed by atoms with Crippen LogP contribution in [0.1, 0.15) is 40.4 Å². The Kier molecular flexibility index (Phi) is 4.20. The van der Waals surface area contributed by atoms with Crippen molar-refractivity contribution in [1.82, 2.24) is 4.90 Å². The number of carbonyl (C=O) groups excluding carboxylic acids is 1. The zero-order valence-corrected chi connectivity index (χ0v) is 13.4. The SMILES string of the molecule is Cc1ccccc1[C@H]1CCCN1C(=O)c1ccc(N)c([N+](=O)[O-])c1. The summed E-state index contributed by atoms with van der Waals surface area (Å²) in [7, 11) is 0. The molecule has 0 spiro atoms. The molecule has 3 rings (SSSR count). The fourth-order valence-corrected chi connectivity index (χ4v) is 3.29. The normalized spacial score (nSPS) is 17.0. The lowest BCUT2D eigenvalue weighted by atomic mass is 9.99. The molecule has 2 aromatic carbocycles. The Bertz CT molecular complexity index is 804. The molecule has 0 aliphatic carbocycles. The van der Waals surface area contributed by atoms with E-state index in [9.17, 15) is 14.9 Å². The van der Waals surface area contributed by atoms with E-state index in [1.165, 1.54) is 12.1 Å². The third-order valence-corrected chi connectivity index (χ3v) is 4.54. The third kappa shape index (κ3) is 2.82. The second-order valence-electron chi connectivity index (χ2n) is 6.04. The molecule has 2 aromatic rings. The van der Waals surface area contributed by atoms with Crippen LogP contribution in [0.2, 0.25) is 0 Å². The van der Waals surface area contributed by atoms with Crippen molar-refractivity contribution in [1.29, 1.82) is 0 Å². The van der Waals surface area contributed by atoms with E-state index in [0.717, 1.165) is 24.0 Å². The van der Waals surface area contributed by atoms with E-state index in [0.29, 0.717) is 12.1 Å². The largest absolute Gasteiger partial charge is 0.393 e. The zero-order chi connectivity index (χ0) is 17.3. The fourth-order valence-electron chi connectivity index (χ4n) is 3.29. The van der Waals surface area contributed by atoms with Crippen LogP contribution in [0.15, 0.2) is 42.5 Å². The summed E-state index contributed by atoms with van der Waals surface area (Å²) in [5.41, 5.74) is 8.03. The van der Waals surface area contributed by atoms with Gasteiger partial charge in [-0.1, -0.05) is 24.3 Å². The predicted molar refractivity (Wildman–Crippen MR) is 91.7 cm³/mol. The van der Waals surface area contributed by atoms with Crippen LogP contribution in [0.3, 0.4) is 0 Å². The minimum Gasteiger partial charge on any atom is -0.393 e. The van der Waals surface area contributed by atoms with Crippen LogP contribution >= 0.6 is 0 Å². The average Bonchev–Trinajstić information content (AvgIpc) is 3.04. The molecule has 1 saturated heterocycles. The lowest BCUT2D eigenvalue weighted by Crippen LogP contribution is -2.31. The van der Waals surface area contributed by atoms with Crippen LogP contribution in [0, 0.1) is 17.0 Å². The third-order valence-electron chi connectivity index (χ3n) is 4.54. The number of amides is 1. The molecular weight excluding hydrogens is 306 g/mol. The highest BCUT2D eigenvalue weighted by Gasteiger charge is 2.32. The molecule has 0 radical (unpaired) electrons. The van der Waals surface area contributed by atoms with E-state index >= 15 is 0 Å². The van der Waals surface area contributed by atoms with Gasteiger partial charge in [0.05, 0.1) is 11.0 Å². The van der Waals surface area contributed by atoms with Gasteiger partial charge in [0.25, 0.3) is 11.6 Å². The number of rotatable bonds is 3. The van der Waals surface area contributed by atoms with Gasteiger partial charge in [-0.3, -0.25) is 14.9 Å². The van der Waals surface area contributed by atoms with Crippen molar-refractivity contribution in [3.8, 4) is 0 Å². The Labute approximate surface area is 140 Å². The van der Waals surface area contributed by atoms with Gasteiger partial charge in [0.1, 0.15) is 5.69 Å². The number of likely N-dealkylation sites (tertiary alicyclic amines) is 1. The summed E-state index contributed by atoms with van der Waals surface area (Å²) in [6.45, 7) is 2.68. The maximum Gasteiger partial charge on any atom is 0.292 e. The van der Waals surface area contributed by atoms with Crippen molar-refractivity contribution in [3.05, 3.63) is 69.3 Å². The van der Waals surface area contributed by atoms with Crippen molar-refractivity contribution in [2.24, 2.45) is 0 Å². The Morgan fingerprint density at radius 3 is 2.75 bits per heavy atom. The lowest BCUT2D eigenvalue weighted by molar-refractivity contribution is -0.383. The second kappa shape index (κ2) is 6.31. The first-order chi connectivity index (χ1) is 11.5. The maximum absolute atomic E-state index is 12.9. The average molecular weight is 325 g/mol. The number of nitrogens with zero attached hydrogens (tertiary/aromatic N) is 2. The molecule has 2 N–H and O–H groups in total. The topological polar surface area (TPSA) is 89.5 Å². The molecule has 24 heavy (non-hydrogen) atoms. The number of nitro benzene ring substituents is 1. The highest BCUT2D eigenvalue weighted by Crippen LogP contribution is 2.35. The smallest absolute Gasteiger partial charge is 0.292 e. The van der Waals surface area contributed by atoms with E-state index in [-0.39, 0.29) is 23.3 Å². The van der Waals surface area contributed by atoms with E-state index in [1.54, 1.807) is 11.0 Å². The summed E-state index contributed by atoms with van der Waals surface area (Å²) in [6.07, 6.45) is 1.81. The first kappa shape index (κ1) is 16.0. The lowest BCUT2D eigenvalue weighted by Gasteiger charge is -2.26. The summed E-state index contributed by atoms with van der Waals surface area (Å²) >= 11 is 0. The second-order valence-corrected chi connectivity index (χ2v) is 6.04. The molecule has 0 unspecified atom stereocenters. The summed E-state index contributed by atoms with van der Waals surface area (Å²) in [5, 5.41) is 11.0. The molecule has 1 aliphatic heterocycles. The van der Waals surface area contributed by atoms with E-state index in [4.69, 9.17) is 5.73 Å². The van der Waals surface area contributed by atoms with Gasteiger partial charge in [-0.2, -0.15) is 0 Å². The molecule has 6 heteroatoms. The van der Waals surface area contributed by atoms with Crippen LogP contribution < -0.4 is 5.73 Å². The van der Waals surface area contributed by atoms with Gasteiger partial charge in [-0.25, -0.2) is 0 Å². The van der Waals surface area contributed by atoms with Gasteiger partial charge >= 0.3 is 0 Å². The summed E-state index contributed by atoms with van der Waals surface area (Å²) in [4.78, 5) is 25.2. The molecule has 6 nitrogen and oxygen atoms in total. The predicted octanol–water partition coefficient (Wildman–Crippen LogP) is 3.46. The molecule has 1 amide bonds. The Hall–Kier alpha value is -2.89. The van der Waals surface area contributed by atoms with E-state index in [1.807, 2.05) is 31.2 Å². The number of carbonyl (C=O) groups is 1. The van der Waals surface area contributed by atoms with Gasteiger partial charge in [-0.05, 0) is 43.0 Å². The number of nitro groups is 1. The Balaban J connectivity index is 1.93. The van der Waals surface area contributed by atoms with Crippen molar-refractivity contribution < 1.29 is 9.72 Å². The monoisotopic (exact) mass is 325 g/mol. The van der Waals surface area contributed by atoms with Crippen molar-refractivity contribution in [2.75, 3.05) is 12.3 Å². The summed E-state index contributed by atoms with van der Waals surface area (Å²) in [6, 6.07) is 12.3.